The van der Waals surface area contributed by atoms with E-state index in [9.17, 15) is 4.79 Å². The molecule has 1 saturated heterocycles. The number of carbonyl (C=O) groups is 1. The number of para-hydroxylation sites is 1. The Labute approximate surface area is 142 Å². The number of hydrogen-bond donors (Lipinski definition) is 1. The average molecular weight is 325 g/mol. The molecular weight excluding hydrogens is 302 g/mol. The van der Waals surface area contributed by atoms with Crippen LogP contribution in [-0.4, -0.2) is 25.0 Å². The van der Waals surface area contributed by atoms with Gasteiger partial charge < -0.3 is 14.8 Å². The summed E-state index contributed by atoms with van der Waals surface area (Å²) >= 11 is 0. The maximum absolute atomic E-state index is 12.8. The molecule has 0 saturated carbocycles. The molecule has 0 radical (unpaired) electrons. The van der Waals surface area contributed by atoms with E-state index in [2.05, 4.69) is 5.32 Å². The van der Waals surface area contributed by atoms with Gasteiger partial charge in [0.05, 0.1) is 18.2 Å². The van der Waals surface area contributed by atoms with Gasteiger partial charge in [0.1, 0.15) is 17.2 Å². The number of ketones is 1. The molecule has 4 nitrogen and oxygen atoms in total. The smallest absolute Gasteiger partial charge is 0.183 e. The molecule has 1 atom stereocenters. The maximum atomic E-state index is 12.8. The Kier molecular flexibility index (Phi) is 5.49. The van der Waals surface area contributed by atoms with E-state index in [0.29, 0.717) is 23.7 Å². The molecule has 2 aromatic rings. The van der Waals surface area contributed by atoms with Crippen molar-refractivity contribution >= 4 is 5.78 Å². The topological polar surface area (TPSA) is 47.6 Å². The third kappa shape index (κ3) is 3.95. The Bertz CT molecular complexity index is 679. The van der Waals surface area contributed by atoms with Crippen LogP contribution in [0.1, 0.15) is 36.5 Å². The monoisotopic (exact) mass is 325 g/mol. The second-order valence-electron chi connectivity index (χ2n) is 5.93. The summed E-state index contributed by atoms with van der Waals surface area (Å²) in [5, 5.41) is 3.26. The largest absolute Gasteiger partial charge is 0.493 e. The molecule has 1 heterocycles. The Morgan fingerprint density at radius 2 is 2.00 bits per heavy atom. The minimum atomic E-state index is -0.124. The van der Waals surface area contributed by atoms with Crippen LogP contribution in [0, 0.1) is 0 Å². The third-order valence-corrected chi connectivity index (χ3v) is 4.03. The molecular formula is C20H23NO3. The van der Waals surface area contributed by atoms with Crippen LogP contribution in [0.25, 0.3) is 0 Å². The predicted octanol–water partition coefficient (Wildman–Crippen LogP) is 4.20. The van der Waals surface area contributed by atoms with Crippen LogP contribution >= 0.6 is 0 Å². The van der Waals surface area contributed by atoms with Gasteiger partial charge in [0.15, 0.2) is 5.78 Å². The van der Waals surface area contributed by atoms with Gasteiger partial charge in [0.25, 0.3) is 0 Å². The molecule has 4 heteroatoms. The molecule has 1 fully saturated rings. The van der Waals surface area contributed by atoms with Crippen molar-refractivity contribution in [3.8, 4) is 17.2 Å². The highest BCUT2D eigenvalue weighted by atomic mass is 16.5. The fourth-order valence-corrected chi connectivity index (χ4v) is 2.82. The zero-order chi connectivity index (χ0) is 16.8. The minimum Gasteiger partial charge on any atom is -0.493 e. The van der Waals surface area contributed by atoms with Gasteiger partial charge in [-0.3, -0.25) is 4.79 Å². The summed E-state index contributed by atoms with van der Waals surface area (Å²) in [7, 11) is 0. The van der Waals surface area contributed by atoms with Gasteiger partial charge in [-0.1, -0.05) is 25.1 Å². The maximum Gasteiger partial charge on any atom is 0.183 e. The van der Waals surface area contributed by atoms with E-state index in [0.717, 1.165) is 31.6 Å². The highest BCUT2D eigenvalue weighted by Gasteiger charge is 2.26. The third-order valence-electron chi connectivity index (χ3n) is 4.03. The van der Waals surface area contributed by atoms with Crippen molar-refractivity contribution in [1.82, 2.24) is 5.32 Å². The molecule has 0 aromatic heterocycles. The van der Waals surface area contributed by atoms with Crippen LogP contribution in [0.3, 0.4) is 0 Å². The quantitative estimate of drug-likeness (QED) is 0.775. The molecule has 1 aliphatic rings. The Morgan fingerprint density at radius 1 is 1.17 bits per heavy atom. The number of rotatable bonds is 7. The first kappa shape index (κ1) is 16.5. The van der Waals surface area contributed by atoms with E-state index >= 15 is 0 Å². The Morgan fingerprint density at radius 3 is 2.71 bits per heavy atom. The van der Waals surface area contributed by atoms with Crippen molar-refractivity contribution in [2.45, 2.75) is 32.2 Å². The lowest BCUT2D eigenvalue weighted by atomic mass is 10.0. The number of nitrogens with one attached hydrogen (secondary N) is 1. The standard InChI is InChI=1S/C20H23NO3/c1-2-13-23-19-11-10-16(24-15-7-4-3-5-8-15)14-17(19)20(22)18-9-6-12-21-18/h3-5,7-8,10-11,14,18,21H,2,6,9,12-13H2,1H3. The van der Waals surface area contributed by atoms with Gasteiger partial charge in [0.2, 0.25) is 0 Å². The van der Waals surface area contributed by atoms with Crippen LogP contribution in [0.15, 0.2) is 48.5 Å². The van der Waals surface area contributed by atoms with Crippen LogP contribution < -0.4 is 14.8 Å². The van der Waals surface area contributed by atoms with E-state index in [1.54, 1.807) is 6.07 Å². The fraction of sp³-hybridized carbons (Fsp3) is 0.350. The molecule has 2 aromatic carbocycles. The molecule has 24 heavy (non-hydrogen) atoms. The van der Waals surface area contributed by atoms with Gasteiger partial charge >= 0.3 is 0 Å². The van der Waals surface area contributed by atoms with Crippen LogP contribution in [-0.2, 0) is 0 Å². The molecule has 0 bridgehead atoms. The van der Waals surface area contributed by atoms with E-state index < -0.39 is 0 Å². The van der Waals surface area contributed by atoms with Crippen LogP contribution in [0.4, 0.5) is 0 Å². The first-order valence-electron chi connectivity index (χ1n) is 8.55. The van der Waals surface area contributed by atoms with Gasteiger partial charge in [0, 0.05) is 0 Å². The molecule has 1 unspecified atom stereocenters. The predicted molar refractivity (Wildman–Crippen MR) is 94.1 cm³/mol. The van der Waals surface area contributed by atoms with E-state index in [1.807, 2.05) is 49.4 Å². The van der Waals surface area contributed by atoms with Crippen molar-refractivity contribution in [1.29, 1.82) is 0 Å². The molecule has 0 aliphatic carbocycles. The Balaban J connectivity index is 1.86. The summed E-state index contributed by atoms with van der Waals surface area (Å²) < 4.78 is 11.6. The SMILES string of the molecule is CCCOc1ccc(Oc2ccccc2)cc1C(=O)C1CCCN1. The van der Waals surface area contributed by atoms with Crippen molar-refractivity contribution in [3.05, 3.63) is 54.1 Å². The van der Waals surface area contributed by atoms with E-state index in [1.165, 1.54) is 0 Å². The first-order valence-corrected chi connectivity index (χ1v) is 8.55. The molecule has 126 valence electrons. The summed E-state index contributed by atoms with van der Waals surface area (Å²) in [5.74, 6) is 2.11. The zero-order valence-corrected chi connectivity index (χ0v) is 14.0. The normalized spacial score (nSPS) is 16.8. The average Bonchev–Trinajstić information content (AvgIpc) is 3.15. The Hall–Kier alpha value is -2.33. The molecule has 0 amide bonds. The molecule has 0 spiro atoms. The summed E-state index contributed by atoms with van der Waals surface area (Å²) in [5.41, 5.74) is 0.594. The number of carbonyl (C=O) groups excluding carboxylic acids is 1. The lowest BCUT2D eigenvalue weighted by Crippen LogP contribution is -2.31. The summed E-state index contributed by atoms with van der Waals surface area (Å²) in [6, 6.07) is 14.9. The van der Waals surface area contributed by atoms with Crippen molar-refractivity contribution in [2.24, 2.45) is 0 Å². The second kappa shape index (κ2) is 7.97. The van der Waals surface area contributed by atoms with Crippen molar-refractivity contribution in [2.75, 3.05) is 13.2 Å². The highest BCUT2D eigenvalue weighted by Crippen LogP contribution is 2.30. The van der Waals surface area contributed by atoms with Gasteiger partial charge in [-0.25, -0.2) is 0 Å². The lowest BCUT2D eigenvalue weighted by Gasteiger charge is -2.15. The molecule has 3 rings (SSSR count). The number of benzene rings is 2. The minimum absolute atomic E-state index is 0.0807. The molecule has 1 N–H and O–H groups in total. The van der Waals surface area contributed by atoms with Gasteiger partial charge in [-0.15, -0.1) is 0 Å². The number of Topliss-reactive ketones (excluding diaryl/α,β-unsaturated/α-hetero) is 1. The van der Waals surface area contributed by atoms with E-state index in [4.69, 9.17) is 9.47 Å². The summed E-state index contributed by atoms with van der Waals surface area (Å²) in [6.07, 6.45) is 2.80. The first-order chi connectivity index (χ1) is 11.8. The van der Waals surface area contributed by atoms with E-state index in [-0.39, 0.29) is 11.8 Å². The summed E-state index contributed by atoms with van der Waals surface area (Å²) in [6.45, 7) is 3.53. The van der Waals surface area contributed by atoms with Crippen molar-refractivity contribution in [3.63, 3.8) is 0 Å². The summed E-state index contributed by atoms with van der Waals surface area (Å²) in [4.78, 5) is 12.8. The number of hydrogen-bond acceptors (Lipinski definition) is 4. The molecule has 1 aliphatic heterocycles. The highest BCUT2D eigenvalue weighted by molar-refractivity contribution is 6.03. The lowest BCUT2D eigenvalue weighted by molar-refractivity contribution is 0.0948. The zero-order valence-electron chi connectivity index (χ0n) is 14.0. The number of ether oxygens (including phenoxy) is 2. The van der Waals surface area contributed by atoms with Crippen LogP contribution in [0.5, 0.6) is 17.2 Å². The van der Waals surface area contributed by atoms with Crippen molar-refractivity contribution < 1.29 is 14.3 Å². The fourth-order valence-electron chi connectivity index (χ4n) is 2.82. The van der Waals surface area contributed by atoms with Gasteiger partial charge in [-0.05, 0) is 56.1 Å². The second-order valence-corrected chi connectivity index (χ2v) is 5.93. The van der Waals surface area contributed by atoms with Gasteiger partial charge in [-0.2, -0.15) is 0 Å². The van der Waals surface area contributed by atoms with Crippen LogP contribution in [0.2, 0.25) is 0 Å².